The number of benzene rings is 2. The first-order valence-corrected chi connectivity index (χ1v) is 8.79. The summed E-state index contributed by atoms with van der Waals surface area (Å²) < 4.78 is 34.2. The fourth-order valence-electron chi connectivity index (χ4n) is 2.79. The van der Waals surface area contributed by atoms with Crippen molar-refractivity contribution in [3.05, 3.63) is 74.2 Å². The van der Waals surface area contributed by atoms with Gasteiger partial charge in [-0.15, -0.1) is 0 Å². The largest absolute Gasteiger partial charge is 0.497 e. The Kier molecular flexibility index (Phi) is 5.63. The normalized spacial score (nSPS) is 12.3. The van der Waals surface area contributed by atoms with E-state index in [1.165, 1.54) is 17.7 Å². The topological polar surface area (TPSA) is 47.3 Å². The highest BCUT2D eigenvalue weighted by molar-refractivity contribution is 6.33. The predicted molar refractivity (Wildman–Crippen MR) is 100 cm³/mol. The fourth-order valence-corrected chi connectivity index (χ4v) is 3.65. The van der Waals surface area contributed by atoms with Gasteiger partial charge in [-0.3, -0.25) is 4.57 Å². The van der Waals surface area contributed by atoms with Crippen molar-refractivity contribution in [3.63, 3.8) is 0 Å². The second kappa shape index (κ2) is 7.64. The molecule has 3 rings (SSSR count). The summed E-state index contributed by atoms with van der Waals surface area (Å²) in [4.78, 5) is 4.08. The molecule has 27 heavy (non-hydrogen) atoms. The Morgan fingerprint density at radius 2 is 1.81 bits per heavy atom. The minimum atomic E-state index is -1.35. The molecule has 142 valence electrons. The molecule has 0 aliphatic heterocycles. The molecule has 9 heteroatoms. The van der Waals surface area contributed by atoms with Crippen LogP contribution in [0, 0.1) is 18.6 Å². The van der Waals surface area contributed by atoms with Crippen molar-refractivity contribution in [2.24, 2.45) is 0 Å². The number of methoxy groups -OCH3 is 1. The van der Waals surface area contributed by atoms with Crippen molar-refractivity contribution < 1.29 is 18.6 Å². The van der Waals surface area contributed by atoms with Crippen molar-refractivity contribution in [3.8, 4) is 11.4 Å². The molecule has 0 bridgehead atoms. The molecule has 0 spiro atoms. The number of aliphatic hydroxyl groups is 1. The molecule has 4 nitrogen and oxygen atoms in total. The van der Waals surface area contributed by atoms with Crippen LogP contribution >= 0.6 is 34.8 Å². The summed E-state index contributed by atoms with van der Waals surface area (Å²) >= 11 is 18.5. The monoisotopic (exact) mass is 432 g/mol. The van der Waals surface area contributed by atoms with Gasteiger partial charge in [-0.25, -0.2) is 13.8 Å². The number of aliphatic hydroxyl groups excluding tert-OH is 1. The quantitative estimate of drug-likeness (QED) is 0.590. The van der Waals surface area contributed by atoms with Crippen molar-refractivity contribution in [1.82, 2.24) is 9.55 Å². The maximum Gasteiger partial charge on any atom is 0.154 e. The van der Waals surface area contributed by atoms with Gasteiger partial charge in [0, 0.05) is 11.6 Å². The van der Waals surface area contributed by atoms with Gasteiger partial charge in [-0.05, 0) is 25.1 Å². The first kappa shape index (κ1) is 19.9. The lowest BCUT2D eigenvalue weighted by atomic mass is 10.1. The Morgan fingerprint density at radius 1 is 1.11 bits per heavy atom. The molecule has 3 aromatic rings. The Labute approximate surface area is 168 Å². The molecule has 0 amide bonds. The smallest absolute Gasteiger partial charge is 0.154 e. The van der Waals surface area contributed by atoms with Gasteiger partial charge in [-0.2, -0.15) is 0 Å². The number of hydrogen-bond donors (Lipinski definition) is 1. The number of hydrogen-bond acceptors (Lipinski definition) is 3. The summed E-state index contributed by atoms with van der Waals surface area (Å²) in [5, 5.41) is 10.9. The number of halogens is 5. The number of aromatic nitrogens is 2. The predicted octanol–water partition coefficient (Wildman–Crippen LogP) is 5.51. The summed E-state index contributed by atoms with van der Waals surface area (Å²) in [7, 11) is 1.48. The van der Waals surface area contributed by atoms with E-state index in [4.69, 9.17) is 39.5 Å². The van der Waals surface area contributed by atoms with Crippen LogP contribution in [0.1, 0.15) is 23.2 Å². The van der Waals surface area contributed by atoms with Crippen molar-refractivity contribution >= 4 is 34.8 Å². The Bertz CT molecular complexity index is 1000. The average Bonchev–Trinajstić information content (AvgIpc) is 2.87. The molecule has 1 heterocycles. The molecule has 1 atom stereocenters. The highest BCUT2D eigenvalue weighted by Crippen LogP contribution is 2.38. The van der Waals surface area contributed by atoms with Gasteiger partial charge < -0.3 is 9.84 Å². The Morgan fingerprint density at radius 3 is 2.41 bits per heavy atom. The van der Waals surface area contributed by atoms with Crippen LogP contribution in [0.2, 0.25) is 15.2 Å². The molecule has 0 fully saturated rings. The maximum absolute atomic E-state index is 14.5. The van der Waals surface area contributed by atoms with Crippen LogP contribution in [-0.4, -0.2) is 21.8 Å². The molecular formula is C18H13Cl3F2N2O2. The van der Waals surface area contributed by atoms with Crippen LogP contribution in [0.25, 0.3) is 5.69 Å². The zero-order valence-corrected chi connectivity index (χ0v) is 16.4. The molecule has 0 saturated heterocycles. The Balaban J connectivity index is 2.22. The molecule has 1 unspecified atom stereocenters. The highest BCUT2D eigenvalue weighted by Gasteiger charge is 2.27. The van der Waals surface area contributed by atoms with Crippen LogP contribution in [0.3, 0.4) is 0 Å². The van der Waals surface area contributed by atoms with E-state index in [0.717, 1.165) is 6.07 Å². The second-order valence-electron chi connectivity index (χ2n) is 5.68. The zero-order chi connectivity index (χ0) is 19.9. The summed E-state index contributed by atoms with van der Waals surface area (Å²) in [5.74, 6) is -0.998. The molecule has 1 N–H and O–H groups in total. The highest BCUT2D eigenvalue weighted by atomic mass is 35.5. The van der Waals surface area contributed by atoms with Gasteiger partial charge in [-0.1, -0.05) is 40.9 Å². The fraction of sp³-hybridized carbons (Fsp3) is 0.167. The number of aryl methyl sites for hydroxylation is 1. The molecule has 0 aliphatic rings. The van der Waals surface area contributed by atoms with Crippen molar-refractivity contribution in [1.29, 1.82) is 0 Å². The van der Waals surface area contributed by atoms with Crippen molar-refractivity contribution in [2.45, 2.75) is 13.0 Å². The van der Waals surface area contributed by atoms with Gasteiger partial charge in [0.25, 0.3) is 0 Å². The third kappa shape index (κ3) is 3.62. The van der Waals surface area contributed by atoms with Crippen LogP contribution in [0.15, 0.2) is 30.3 Å². The molecule has 0 saturated carbocycles. The van der Waals surface area contributed by atoms with Gasteiger partial charge >= 0.3 is 0 Å². The number of nitrogens with zero attached hydrogens (tertiary/aromatic N) is 2. The standard InChI is InChI=1S/C18H13Cl3F2N2O2/c1-8-24-18(21)16(17(26)11-4-3-10(27-2)7-12(11)19)25(8)15-13(20)5-9(22)6-14(15)23/h3-7,17,26H,1-2H3. The van der Waals surface area contributed by atoms with E-state index < -0.39 is 17.7 Å². The zero-order valence-electron chi connectivity index (χ0n) is 14.1. The third-order valence-corrected chi connectivity index (χ3v) is 4.90. The number of ether oxygens (including phenoxy) is 1. The summed E-state index contributed by atoms with van der Waals surface area (Å²) in [6.45, 7) is 1.55. The SMILES string of the molecule is COc1ccc(C(O)c2c(Cl)nc(C)n2-c2c(F)cc(F)cc2Cl)c(Cl)c1. The maximum atomic E-state index is 14.5. The molecular weight excluding hydrogens is 421 g/mol. The van der Waals surface area contributed by atoms with Gasteiger partial charge in [0.05, 0.1) is 22.8 Å². The van der Waals surface area contributed by atoms with Gasteiger partial charge in [0.2, 0.25) is 0 Å². The van der Waals surface area contributed by atoms with E-state index >= 15 is 0 Å². The lowest BCUT2D eigenvalue weighted by Crippen LogP contribution is -2.11. The van der Waals surface area contributed by atoms with Crippen LogP contribution in [0.4, 0.5) is 8.78 Å². The van der Waals surface area contributed by atoms with Crippen molar-refractivity contribution in [2.75, 3.05) is 7.11 Å². The van der Waals surface area contributed by atoms with Crippen LogP contribution in [0.5, 0.6) is 5.75 Å². The van der Waals surface area contributed by atoms with E-state index in [-0.39, 0.29) is 32.4 Å². The molecule has 0 radical (unpaired) electrons. The lowest BCUT2D eigenvalue weighted by molar-refractivity contribution is 0.213. The molecule has 1 aromatic heterocycles. The first-order chi connectivity index (χ1) is 12.7. The van der Waals surface area contributed by atoms with E-state index in [0.29, 0.717) is 17.4 Å². The lowest BCUT2D eigenvalue weighted by Gasteiger charge is -2.18. The first-order valence-electron chi connectivity index (χ1n) is 7.65. The van der Waals surface area contributed by atoms with Crippen LogP contribution in [-0.2, 0) is 0 Å². The average molecular weight is 434 g/mol. The minimum absolute atomic E-state index is 0.0497. The summed E-state index contributed by atoms with van der Waals surface area (Å²) in [6, 6.07) is 6.33. The summed E-state index contributed by atoms with van der Waals surface area (Å²) in [6.07, 6.45) is -1.35. The molecule has 0 aliphatic carbocycles. The summed E-state index contributed by atoms with van der Waals surface area (Å²) in [5.41, 5.74) is 0.182. The molecule has 2 aromatic carbocycles. The van der Waals surface area contributed by atoms with Gasteiger partial charge in [0.15, 0.2) is 11.0 Å². The minimum Gasteiger partial charge on any atom is -0.497 e. The Hall–Kier alpha value is -1.86. The second-order valence-corrected chi connectivity index (χ2v) is 6.85. The third-order valence-electron chi connectivity index (χ3n) is 4.00. The number of rotatable bonds is 4. The van der Waals surface area contributed by atoms with E-state index in [1.807, 2.05) is 0 Å². The van der Waals surface area contributed by atoms with E-state index in [9.17, 15) is 13.9 Å². The van der Waals surface area contributed by atoms with Gasteiger partial charge in [0.1, 0.15) is 29.2 Å². The van der Waals surface area contributed by atoms with Crippen LogP contribution < -0.4 is 4.74 Å². The number of imidazole rings is 1. The van der Waals surface area contributed by atoms with E-state index in [1.54, 1.807) is 19.1 Å². The van der Waals surface area contributed by atoms with E-state index in [2.05, 4.69) is 4.98 Å².